The molecule has 0 aromatic carbocycles. The van der Waals surface area contributed by atoms with Crippen LogP contribution >= 0.6 is 11.8 Å². The third-order valence-corrected chi connectivity index (χ3v) is 3.50. The third-order valence-electron chi connectivity index (χ3n) is 2.48. The van der Waals surface area contributed by atoms with Crippen molar-refractivity contribution in [1.29, 1.82) is 0 Å². The number of nitrogens with one attached hydrogen (secondary N) is 1. The molecule has 0 amide bonds. The molecule has 2 atom stereocenters. The lowest BCUT2D eigenvalue weighted by molar-refractivity contribution is -0.136. The first-order valence-electron chi connectivity index (χ1n) is 5.25. The van der Waals surface area contributed by atoms with Gasteiger partial charge in [-0.3, -0.25) is 11.3 Å². The average molecular weight is 258 g/mol. The van der Waals surface area contributed by atoms with E-state index >= 15 is 0 Å². The van der Waals surface area contributed by atoms with E-state index in [0.29, 0.717) is 13.0 Å². The van der Waals surface area contributed by atoms with Gasteiger partial charge in [-0.05, 0) is 12.8 Å². The molecule has 16 heavy (non-hydrogen) atoms. The van der Waals surface area contributed by atoms with Crippen LogP contribution in [0.25, 0.3) is 0 Å². The van der Waals surface area contributed by atoms with E-state index < -0.39 is 12.6 Å². The first-order valence-corrected chi connectivity index (χ1v) is 6.40. The van der Waals surface area contributed by atoms with Crippen LogP contribution in [0.15, 0.2) is 0 Å². The quantitative estimate of drug-likeness (QED) is 0.582. The molecule has 96 valence electrons. The molecular formula is C9H17F3N2OS. The van der Waals surface area contributed by atoms with E-state index in [1.807, 2.05) is 0 Å². The van der Waals surface area contributed by atoms with E-state index in [1.165, 1.54) is 0 Å². The highest BCUT2D eigenvalue weighted by Gasteiger charge is 2.29. The normalized spacial score (nSPS) is 24.4. The summed E-state index contributed by atoms with van der Waals surface area (Å²) in [6, 6.07) is -0.185. The Hall–Kier alpha value is 0.0200. The minimum atomic E-state index is -4.08. The maximum absolute atomic E-state index is 12.0. The number of hydrogen-bond donors (Lipinski definition) is 2. The second-order valence-electron chi connectivity index (χ2n) is 3.76. The lowest BCUT2D eigenvalue weighted by atomic mass is 10.1. The number of thioether (sulfide) groups is 1. The molecule has 0 aromatic rings. The van der Waals surface area contributed by atoms with Gasteiger partial charge in [0, 0.05) is 24.0 Å². The summed E-state index contributed by atoms with van der Waals surface area (Å²) in [5, 5.41) is 0. The maximum Gasteiger partial charge on any atom is 0.389 e. The zero-order chi connectivity index (χ0) is 12.0. The summed E-state index contributed by atoms with van der Waals surface area (Å²) in [4.78, 5) is 0. The van der Waals surface area contributed by atoms with E-state index in [1.54, 1.807) is 11.8 Å². The Kier molecular flexibility index (Phi) is 5.88. The third kappa shape index (κ3) is 5.38. The molecule has 2 unspecified atom stereocenters. The number of nitrogens with two attached hydrogens (primary N) is 1. The summed E-state index contributed by atoms with van der Waals surface area (Å²) < 4.78 is 41.4. The van der Waals surface area contributed by atoms with Crippen molar-refractivity contribution in [3.63, 3.8) is 0 Å². The Morgan fingerprint density at radius 2 is 2.25 bits per heavy atom. The predicted octanol–water partition coefficient (Wildman–Crippen LogP) is 1.68. The predicted molar refractivity (Wildman–Crippen MR) is 58.1 cm³/mol. The number of ether oxygens (including phenoxy) is 1. The van der Waals surface area contributed by atoms with Crippen LogP contribution in [0.5, 0.6) is 0 Å². The molecule has 1 aliphatic heterocycles. The lowest BCUT2D eigenvalue weighted by Gasteiger charge is -2.29. The molecule has 1 aliphatic rings. The van der Waals surface area contributed by atoms with Gasteiger partial charge in [0.15, 0.2) is 0 Å². The highest BCUT2D eigenvalue weighted by Crippen LogP contribution is 2.24. The van der Waals surface area contributed by atoms with E-state index in [-0.39, 0.29) is 18.6 Å². The standard InChI is InChI=1S/C9H17F3N2OS/c10-9(11,12)3-1-2-7(14-13)8-6-16-5-4-15-8/h7-8,14H,1-6,13H2. The van der Waals surface area contributed by atoms with Gasteiger partial charge in [0.25, 0.3) is 0 Å². The van der Waals surface area contributed by atoms with Crippen molar-refractivity contribution in [2.24, 2.45) is 5.84 Å². The van der Waals surface area contributed by atoms with Gasteiger partial charge in [-0.15, -0.1) is 0 Å². The lowest BCUT2D eigenvalue weighted by Crippen LogP contribution is -2.47. The molecule has 0 spiro atoms. The number of hydrogen-bond acceptors (Lipinski definition) is 4. The zero-order valence-electron chi connectivity index (χ0n) is 8.93. The van der Waals surface area contributed by atoms with Crippen LogP contribution < -0.4 is 11.3 Å². The van der Waals surface area contributed by atoms with E-state index in [2.05, 4.69) is 5.43 Å². The largest absolute Gasteiger partial charge is 0.389 e. The molecule has 0 bridgehead atoms. The van der Waals surface area contributed by atoms with E-state index in [0.717, 1.165) is 11.5 Å². The minimum Gasteiger partial charge on any atom is -0.375 e. The molecule has 0 aliphatic carbocycles. The molecule has 1 heterocycles. The molecular weight excluding hydrogens is 241 g/mol. The maximum atomic E-state index is 12.0. The van der Waals surface area contributed by atoms with Gasteiger partial charge >= 0.3 is 6.18 Å². The highest BCUT2D eigenvalue weighted by atomic mass is 32.2. The average Bonchev–Trinajstić information content (AvgIpc) is 2.24. The summed E-state index contributed by atoms with van der Waals surface area (Å²) in [7, 11) is 0. The zero-order valence-corrected chi connectivity index (χ0v) is 9.74. The highest BCUT2D eigenvalue weighted by molar-refractivity contribution is 7.99. The fourth-order valence-electron chi connectivity index (χ4n) is 1.64. The fourth-order valence-corrected chi connectivity index (χ4v) is 2.58. The minimum absolute atomic E-state index is 0.0722. The Labute approximate surface area is 97.2 Å². The van der Waals surface area contributed by atoms with Crippen LogP contribution in [0.2, 0.25) is 0 Å². The van der Waals surface area contributed by atoms with Crippen molar-refractivity contribution in [2.45, 2.75) is 37.6 Å². The molecule has 3 N–H and O–H groups in total. The Morgan fingerprint density at radius 1 is 1.50 bits per heavy atom. The number of halogens is 3. The molecule has 1 saturated heterocycles. The fraction of sp³-hybridized carbons (Fsp3) is 1.00. The van der Waals surface area contributed by atoms with Crippen LogP contribution in [0.1, 0.15) is 19.3 Å². The molecule has 0 saturated carbocycles. The van der Waals surface area contributed by atoms with Crippen molar-refractivity contribution in [1.82, 2.24) is 5.43 Å². The van der Waals surface area contributed by atoms with Crippen LogP contribution in [0.3, 0.4) is 0 Å². The second kappa shape index (κ2) is 6.68. The van der Waals surface area contributed by atoms with Crippen LogP contribution in [0.4, 0.5) is 13.2 Å². The SMILES string of the molecule is NNC(CCCC(F)(F)F)C1CSCCO1. The number of alkyl halides is 3. The summed E-state index contributed by atoms with van der Waals surface area (Å²) >= 11 is 1.74. The monoisotopic (exact) mass is 258 g/mol. The summed E-state index contributed by atoms with van der Waals surface area (Å²) in [5.41, 5.74) is 2.55. The van der Waals surface area contributed by atoms with E-state index in [9.17, 15) is 13.2 Å². The van der Waals surface area contributed by atoms with Gasteiger partial charge in [0.1, 0.15) is 0 Å². The molecule has 7 heteroatoms. The van der Waals surface area contributed by atoms with Crippen LogP contribution in [-0.2, 0) is 4.74 Å². The van der Waals surface area contributed by atoms with Crippen molar-refractivity contribution in [3.05, 3.63) is 0 Å². The molecule has 1 rings (SSSR count). The van der Waals surface area contributed by atoms with Gasteiger partial charge < -0.3 is 4.74 Å². The Morgan fingerprint density at radius 3 is 2.75 bits per heavy atom. The summed E-state index contributed by atoms with van der Waals surface area (Å²) in [5.74, 6) is 7.07. The molecule has 1 fully saturated rings. The van der Waals surface area contributed by atoms with Gasteiger partial charge in [-0.25, -0.2) is 0 Å². The first kappa shape index (κ1) is 14.1. The van der Waals surface area contributed by atoms with Crippen LogP contribution in [0, 0.1) is 0 Å². The van der Waals surface area contributed by atoms with Crippen molar-refractivity contribution < 1.29 is 17.9 Å². The van der Waals surface area contributed by atoms with Gasteiger partial charge in [0.2, 0.25) is 0 Å². The summed E-state index contributed by atoms with van der Waals surface area (Å²) in [6.45, 7) is 0.646. The van der Waals surface area contributed by atoms with Crippen molar-refractivity contribution in [3.8, 4) is 0 Å². The van der Waals surface area contributed by atoms with Crippen LogP contribution in [-0.4, -0.2) is 36.4 Å². The Bertz CT molecular complexity index is 198. The second-order valence-corrected chi connectivity index (χ2v) is 4.91. The van der Waals surface area contributed by atoms with Gasteiger partial charge in [-0.1, -0.05) is 0 Å². The molecule has 3 nitrogen and oxygen atoms in total. The summed E-state index contributed by atoms with van der Waals surface area (Å²) in [6.07, 6.45) is -4.44. The topological polar surface area (TPSA) is 47.3 Å². The molecule has 0 aromatic heterocycles. The van der Waals surface area contributed by atoms with E-state index in [4.69, 9.17) is 10.6 Å². The number of hydrazine groups is 1. The Balaban J connectivity index is 2.25. The number of rotatable bonds is 5. The van der Waals surface area contributed by atoms with Crippen molar-refractivity contribution in [2.75, 3.05) is 18.1 Å². The van der Waals surface area contributed by atoms with Gasteiger partial charge in [-0.2, -0.15) is 24.9 Å². The van der Waals surface area contributed by atoms with Gasteiger partial charge in [0.05, 0.1) is 12.7 Å². The molecule has 0 radical (unpaired) electrons. The smallest absolute Gasteiger partial charge is 0.375 e. The first-order chi connectivity index (χ1) is 7.53. The van der Waals surface area contributed by atoms with Crippen molar-refractivity contribution >= 4 is 11.8 Å².